The van der Waals surface area contributed by atoms with Crippen molar-refractivity contribution < 1.29 is 27.3 Å². The normalized spacial score (nSPS) is 17.9. The molecule has 1 aliphatic heterocycles. The molecule has 3 rings (SSSR count). The van der Waals surface area contributed by atoms with Gasteiger partial charge in [-0.2, -0.15) is 13.2 Å². The summed E-state index contributed by atoms with van der Waals surface area (Å²) in [4.78, 5) is 29.8. The van der Waals surface area contributed by atoms with Crippen molar-refractivity contribution in [1.82, 2.24) is 20.4 Å². The number of carbonyl (C=O) groups excluding carboxylic acids is 2. The molecule has 1 aliphatic rings. The topological polar surface area (TPSA) is 88.3 Å². The van der Waals surface area contributed by atoms with Crippen LogP contribution in [0.4, 0.5) is 13.2 Å². The molecular weight excluding hydrogens is 389 g/mol. The molecule has 1 saturated heterocycles. The van der Waals surface area contributed by atoms with Crippen molar-refractivity contribution >= 4 is 11.8 Å². The number of amides is 2. The highest BCUT2D eigenvalue weighted by molar-refractivity contribution is 5.94. The van der Waals surface area contributed by atoms with Gasteiger partial charge in [0.25, 0.3) is 5.91 Å². The predicted molar refractivity (Wildman–Crippen MR) is 95.7 cm³/mol. The van der Waals surface area contributed by atoms with Crippen molar-refractivity contribution in [3.63, 3.8) is 0 Å². The Balaban J connectivity index is 1.63. The Morgan fingerprint density at radius 2 is 2.10 bits per heavy atom. The Labute approximate surface area is 165 Å². The largest absolute Gasteiger partial charge is 0.433 e. The first-order chi connectivity index (χ1) is 13.6. The second kappa shape index (κ2) is 8.22. The summed E-state index contributed by atoms with van der Waals surface area (Å²) in [6, 6.07) is 1.64. The van der Waals surface area contributed by atoms with Crippen molar-refractivity contribution in [3.8, 4) is 0 Å². The molecule has 2 aromatic heterocycles. The van der Waals surface area contributed by atoms with Crippen LogP contribution in [0.5, 0.6) is 0 Å². The first-order valence-electron chi connectivity index (χ1n) is 9.19. The van der Waals surface area contributed by atoms with Gasteiger partial charge in [0.05, 0.1) is 12.2 Å². The lowest BCUT2D eigenvalue weighted by Gasteiger charge is -2.21. The van der Waals surface area contributed by atoms with E-state index < -0.39 is 17.8 Å². The van der Waals surface area contributed by atoms with E-state index >= 15 is 0 Å². The maximum Gasteiger partial charge on any atom is 0.433 e. The van der Waals surface area contributed by atoms with E-state index in [1.54, 1.807) is 18.7 Å². The fourth-order valence-electron chi connectivity index (χ4n) is 3.26. The number of likely N-dealkylation sites (tertiary alicyclic amines) is 1. The van der Waals surface area contributed by atoms with E-state index in [9.17, 15) is 22.8 Å². The fourth-order valence-corrected chi connectivity index (χ4v) is 3.26. The van der Waals surface area contributed by atoms with E-state index in [0.717, 1.165) is 23.5 Å². The molecule has 2 amide bonds. The second-order valence-corrected chi connectivity index (χ2v) is 7.04. The molecule has 0 radical (unpaired) electrons. The minimum Gasteiger partial charge on any atom is -0.361 e. The summed E-state index contributed by atoms with van der Waals surface area (Å²) in [5.41, 5.74) is 0.349. The van der Waals surface area contributed by atoms with Crippen LogP contribution < -0.4 is 5.32 Å². The third-order valence-electron chi connectivity index (χ3n) is 4.98. The SMILES string of the molecule is Cc1noc(C)c1CN1CCC(NC(=O)c2ccnc(C(F)(F)F)c2)CCC1=O. The van der Waals surface area contributed by atoms with Crippen LogP contribution in [0.3, 0.4) is 0 Å². The highest BCUT2D eigenvalue weighted by atomic mass is 19.4. The van der Waals surface area contributed by atoms with Crippen molar-refractivity contribution in [2.45, 2.75) is 51.9 Å². The molecule has 0 aromatic carbocycles. The third-order valence-corrected chi connectivity index (χ3v) is 4.98. The molecule has 156 valence electrons. The average Bonchev–Trinajstić information content (AvgIpc) is 2.88. The molecule has 1 fully saturated rings. The smallest absolute Gasteiger partial charge is 0.361 e. The minimum atomic E-state index is -4.62. The molecule has 7 nitrogen and oxygen atoms in total. The standard InChI is InChI=1S/C19H21F3N4O3/c1-11-15(12(2)29-25-11)10-26-8-6-14(3-4-17(26)27)24-18(28)13-5-7-23-16(9-13)19(20,21)22/h5,7,9,14H,3-4,6,8,10H2,1-2H3,(H,24,28). The molecule has 1 N–H and O–H groups in total. The minimum absolute atomic E-state index is 0.0509. The highest BCUT2D eigenvalue weighted by Crippen LogP contribution is 2.27. The highest BCUT2D eigenvalue weighted by Gasteiger charge is 2.33. The summed E-state index contributed by atoms with van der Waals surface area (Å²) in [5.74, 6) is -0.0119. The average molecular weight is 410 g/mol. The van der Waals surface area contributed by atoms with Crippen LogP contribution >= 0.6 is 0 Å². The number of hydrogen-bond donors (Lipinski definition) is 1. The summed E-state index contributed by atoms with van der Waals surface area (Å²) >= 11 is 0. The molecule has 10 heteroatoms. The van der Waals surface area contributed by atoms with Gasteiger partial charge in [-0.3, -0.25) is 14.6 Å². The Morgan fingerprint density at radius 3 is 2.76 bits per heavy atom. The number of aryl methyl sites for hydroxylation is 2. The summed E-state index contributed by atoms with van der Waals surface area (Å²) in [6.07, 6.45) is -2.51. The summed E-state index contributed by atoms with van der Waals surface area (Å²) in [6.45, 7) is 4.38. The van der Waals surface area contributed by atoms with Gasteiger partial charge in [0.2, 0.25) is 5.91 Å². The Bertz CT molecular complexity index is 891. The lowest BCUT2D eigenvalue weighted by atomic mass is 10.1. The number of halogens is 3. The Morgan fingerprint density at radius 1 is 1.34 bits per heavy atom. The van der Waals surface area contributed by atoms with Crippen LogP contribution in [0.2, 0.25) is 0 Å². The van der Waals surface area contributed by atoms with E-state index in [1.807, 2.05) is 0 Å². The van der Waals surface area contributed by atoms with Gasteiger partial charge in [0, 0.05) is 36.3 Å². The molecule has 0 aliphatic carbocycles. The summed E-state index contributed by atoms with van der Waals surface area (Å²) in [5, 5.41) is 6.62. The van der Waals surface area contributed by atoms with Gasteiger partial charge in [-0.1, -0.05) is 5.16 Å². The predicted octanol–water partition coefficient (Wildman–Crippen LogP) is 3.02. The van der Waals surface area contributed by atoms with E-state index in [0.29, 0.717) is 31.7 Å². The van der Waals surface area contributed by atoms with Crippen LogP contribution in [0.25, 0.3) is 0 Å². The van der Waals surface area contributed by atoms with Gasteiger partial charge in [-0.25, -0.2) is 0 Å². The molecule has 0 spiro atoms. The molecule has 2 aromatic rings. The molecule has 1 unspecified atom stereocenters. The quantitative estimate of drug-likeness (QED) is 0.837. The zero-order valence-corrected chi connectivity index (χ0v) is 16.0. The second-order valence-electron chi connectivity index (χ2n) is 7.04. The van der Waals surface area contributed by atoms with Gasteiger partial charge in [-0.15, -0.1) is 0 Å². The lowest BCUT2D eigenvalue weighted by Crippen LogP contribution is -2.36. The first kappa shape index (κ1) is 20.8. The Hall–Kier alpha value is -2.91. The summed E-state index contributed by atoms with van der Waals surface area (Å²) < 4.78 is 43.5. The monoisotopic (exact) mass is 410 g/mol. The zero-order chi connectivity index (χ0) is 21.2. The number of carbonyl (C=O) groups is 2. The van der Waals surface area contributed by atoms with E-state index in [4.69, 9.17) is 4.52 Å². The molecular formula is C19H21F3N4O3. The maximum absolute atomic E-state index is 12.8. The molecule has 0 saturated carbocycles. The van der Waals surface area contributed by atoms with Crippen LogP contribution in [-0.4, -0.2) is 39.4 Å². The fraction of sp³-hybridized carbons (Fsp3) is 0.474. The van der Waals surface area contributed by atoms with E-state index in [1.165, 1.54) is 6.07 Å². The molecule has 1 atom stereocenters. The van der Waals surface area contributed by atoms with Crippen LogP contribution in [0, 0.1) is 13.8 Å². The molecule has 0 bridgehead atoms. The number of aromatic nitrogens is 2. The van der Waals surface area contributed by atoms with Crippen LogP contribution in [0.15, 0.2) is 22.9 Å². The summed E-state index contributed by atoms with van der Waals surface area (Å²) in [7, 11) is 0. The molecule has 29 heavy (non-hydrogen) atoms. The third kappa shape index (κ3) is 4.93. The van der Waals surface area contributed by atoms with Crippen molar-refractivity contribution in [1.29, 1.82) is 0 Å². The number of alkyl halides is 3. The van der Waals surface area contributed by atoms with E-state index in [-0.39, 0.29) is 23.9 Å². The zero-order valence-electron chi connectivity index (χ0n) is 16.0. The number of nitrogens with zero attached hydrogens (tertiary/aromatic N) is 3. The number of rotatable bonds is 4. The van der Waals surface area contributed by atoms with Crippen molar-refractivity contribution in [3.05, 3.63) is 46.6 Å². The number of hydrogen-bond acceptors (Lipinski definition) is 5. The van der Waals surface area contributed by atoms with Crippen molar-refractivity contribution in [2.24, 2.45) is 0 Å². The van der Waals surface area contributed by atoms with Crippen LogP contribution in [-0.2, 0) is 17.5 Å². The molecule has 3 heterocycles. The van der Waals surface area contributed by atoms with Gasteiger partial charge in [0.1, 0.15) is 11.5 Å². The van der Waals surface area contributed by atoms with Crippen LogP contribution in [0.1, 0.15) is 52.3 Å². The lowest BCUT2D eigenvalue weighted by molar-refractivity contribution is -0.141. The van der Waals surface area contributed by atoms with Gasteiger partial charge >= 0.3 is 6.18 Å². The maximum atomic E-state index is 12.8. The number of nitrogens with one attached hydrogen (secondary N) is 1. The van der Waals surface area contributed by atoms with E-state index in [2.05, 4.69) is 15.5 Å². The van der Waals surface area contributed by atoms with Crippen molar-refractivity contribution in [2.75, 3.05) is 6.54 Å². The number of pyridine rings is 1. The van der Waals surface area contributed by atoms with Gasteiger partial charge in [-0.05, 0) is 38.8 Å². The first-order valence-corrected chi connectivity index (χ1v) is 9.19. The van der Waals surface area contributed by atoms with Gasteiger partial charge in [0.15, 0.2) is 0 Å². The van der Waals surface area contributed by atoms with Gasteiger partial charge < -0.3 is 14.7 Å². The Kier molecular flexibility index (Phi) is 5.90.